The molecule has 0 spiro atoms. The number of hydrogen-bond acceptors (Lipinski definition) is 4. The highest BCUT2D eigenvalue weighted by atomic mass is 35.5. The van der Waals surface area contributed by atoms with Crippen LogP contribution in [0.1, 0.15) is 6.92 Å². The Kier molecular flexibility index (Phi) is 5.29. The molecule has 1 atom stereocenters. The van der Waals surface area contributed by atoms with Crippen LogP contribution in [0.15, 0.2) is 18.2 Å². The Bertz CT molecular complexity index is 521. The Morgan fingerprint density at radius 1 is 1.50 bits per heavy atom. The number of nitrogens with one attached hydrogen (secondary N) is 1. The molecular weight excluding hydrogens is 293 g/mol. The summed E-state index contributed by atoms with van der Waals surface area (Å²) in [5, 5.41) is 20.1. The van der Waals surface area contributed by atoms with Crippen LogP contribution < -0.4 is 10.1 Å². The summed E-state index contributed by atoms with van der Waals surface area (Å²) >= 11 is 5.53. The zero-order chi connectivity index (χ0) is 15.3. The molecule has 0 aliphatic rings. The number of rotatable bonds is 6. The molecule has 1 unspecified atom stereocenters. The Morgan fingerprint density at radius 2 is 2.15 bits per heavy atom. The van der Waals surface area contributed by atoms with Gasteiger partial charge in [0.15, 0.2) is 12.2 Å². The SMILES string of the molecule is CC(O)(CNC(=O)COc1ccc(F)c(Cl)c1)C(=O)O. The summed E-state index contributed by atoms with van der Waals surface area (Å²) in [7, 11) is 0. The highest BCUT2D eigenvalue weighted by molar-refractivity contribution is 6.30. The number of carboxylic acid groups (broad SMARTS) is 1. The van der Waals surface area contributed by atoms with Crippen molar-refractivity contribution in [2.45, 2.75) is 12.5 Å². The van der Waals surface area contributed by atoms with Crippen molar-refractivity contribution in [3.05, 3.63) is 29.0 Å². The Labute approximate surface area is 119 Å². The number of carbonyl (C=O) groups excluding carboxylic acids is 1. The van der Waals surface area contributed by atoms with Crippen molar-refractivity contribution in [1.29, 1.82) is 0 Å². The Hall–Kier alpha value is -1.86. The minimum absolute atomic E-state index is 0.142. The third kappa shape index (κ3) is 4.67. The highest BCUT2D eigenvalue weighted by Gasteiger charge is 2.30. The maximum Gasteiger partial charge on any atom is 0.337 e. The van der Waals surface area contributed by atoms with Gasteiger partial charge in [-0.05, 0) is 19.1 Å². The first kappa shape index (κ1) is 16.2. The highest BCUT2D eigenvalue weighted by Crippen LogP contribution is 2.20. The summed E-state index contributed by atoms with van der Waals surface area (Å²) in [5.74, 6) is -2.51. The zero-order valence-electron chi connectivity index (χ0n) is 10.5. The van der Waals surface area contributed by atoms with Gasteiger partial charge in [0.1, 0.15) is 11.6 Å². The smallest absolute Gasteiger partial charge is 0.337 e. The molecular formula is C12H13ClFNO5. The Morgan fingerprint density at radius 3 is 2.70 bits per heavy atom. The van der Waals surface area contributed by atoms with Gasteiger partial charge in [0.05, 0.1) is 11.6 Å². The van der Waals surface area contributed by atoms with Crippen LogP contribution in [-0.4, -0.2) is 40.8 Å². The molecule has 0 saturated carbocycles. The number of aliphatic hydroxyl groups is 1. The Balaban J connectivity index is 2.44. The predicted octanol–water partition coefficient (Wildman–Crippen LogP) is 0.810. The van der Waals surface area contributed by atoms with Gasteiger partial charge in [-0.2, -0.15) is 0 Å². The molecule has 1 rings (SSSR count). The van der Waals surface area contributed by atoms with Crippen LogP contribution in [0.5, 0.6) is 5.75 Å². The van der Waals surface area contributed by atoms with Gasteiger partial charge in [-0.25, -0.2) is 9.18 Å². The van der Waals surface area contributed by atoms with Gasteiger partial charge < -0.3 is 20.3 Å². The lowest BCUT2D eigenvalue weighted by atomic mass is 10.1. The van der Waals surface area contributed by atoms with E-state index in [1.54, 1.807) is 0 Å². The van der Waals surface area contributed by atoms with E-state index in [1.165, 1.54) is 12.1 Å². The lowest BCUT2D eigenvalue weighted by Gasteiger charge is -2.18. The lowest BCUT2D eigenvalue weighted by Crippen LogP contribution is -2.47. The molecule has 0 bridgehead atoms. The fourth-order valence-corrected chi connectivity index (χ4v) is 1.28. The molecule has 6 nitrogen and oxygen atoms in total. The molecule has 0 aliphatic carbocycles. The summed E-state index contributed by atoms with van der Waals surface area (Å²) in [5.41, 5.74) is -2.06. The first-order valence-electron chi connectivity index (χ1n) is 5.52. The average molecular weight is 306 g/mol. The summed E-state index contributed by atoms with van der Waals surface area (Å²) in [4.78, 5) is 22.0. The van der Waals surface area contributed by atoms with Crippen molar-refractivity contribution >= 4 is 23.5 Å². The number of amides is 1. The summed E-state index contributed by atoms with van der Waals surface area (Å²) in [6, 6.07) is 3.59. The third-order valence-electron chi connectivity index (χ3n) is 2.35. The molecule has 1 aromatic rings. The second-order valence-corrected chi connectivity index (χ2v) is 4.63. The van der Waals surface area contributed by atoms with E-state index in [4.69, 9.17) is 21.4 Å². The standard InChI is InChI=1S/C12H13ClFNO5/c1-12(19,11(17)18)6-15-10(16)5-20-7-2-3-9(14)8(13)4-7/h2-4,19H,5-6H2,1H3,(H,15,16)(H,17,18). The number of carboxylic acids is 1. The van der Waals surface area contributed by atoms with E-state index in [0.717, 1.165) is 13.0 Å². The molecule has 1 aromatic carbocycles. The molecule has 0 fully saturated rings. The zero-order valence-corrected chi connectivity index (χ0v) is 11.3. The molecule has 110 valence electrons. The van der Waals surface area contributed by atoms with Crippen molar-refractivity contribution in [2.24, 2.45) is 0 Å². The van der Waals surface area contributed by atoms with Gasteiger partial charge in [-0.3, -0.25) is 4.79 Å². The quantitative estimate of drug-likeness (QED) is 0.723. The number of hydrogen-bond donors (Lipinski definition) is 3. The summed E-state index contributed by atoms with van der Waals surface area (Å²) in [6.07, 6.45) is 0. The van der Waals surface area contributed by atoms with Crippen LogP contribution in [0.3, 0.4) is 0 Å². The van der Waals surface area contributed by atoms with Gasteiger partial charge >= 0.3 is 5.97 Å². The normalized spacial score (nSPS) is 13.4. The average Bonchev–Trinajstić information content (AvgIpc) is 2.37. The van der Waals surface area contributed by atoms with Crippen molar-refractivity contribution < 1.29 is 28.9 Å². The molecule has 0 radical (unpaired) electrons. The van der Waals surface area contributed by atoms with Crippen molar-refractivity contribution in [3.8, 4) is 5.75 Å². The first-order valence-corrected chi connectivity index (χ1v) is 5.90. The summed E-state index contributed by atoms with van der Waals surface area (Å²) in [6.45, 7) is 0.169. The fourth-order valence-electron chi connectivity index (χ4n) is 1.11. The molecule has 0 saturated heterocycles. The fraction of sp³-hybridized carbons (Fsp3) is 0.333. The number of benzene rings is 1. The molecule has 3 N–H and O–H groups in total. The maximum atomic E-state index is 12.9. The second-order valence-electron chi connectivity index (χ2n) is 4.22. The van der Waals surface area contributed by atoms with E-state index in [0.29, 0.717) is 0 Å². The molecule has 20 heavy (non-hydrogen) atoms. The molecule has 8 heteroatoms. The van der Waals surface area contributed by atoms with Crippen LogP contribution in [0.4, 0.5) is 4.39 Å². The van der Waals surface area contributed by atoms with Gasteiger partial charge in [-0.15, -0.1) is 0 Å². The predicted molar refractivity (Wildman–Crippen MR) is 68.2 cm³/mol. The maximum absolute atomic E-state index is 12.9. The van der Waals surface area contributed by atoms with Crippen LogP contribution in [0.2, 0.25) is 5.02 Å². The number of carbonyl (C=O) groups is 2. The topological polar surface area (TPSA) is 95.9 Å². The van der Waals surface area contributed by atoms with E-state index in [9.17, 15) is 19.1 Å². The number of halogens is 2. The van der Waals surface area contributed by atoms with Gasteiger partial charge in [0.25, 0.3) is 5.91 Å². The van der Waals surface area contributed by atoms with Crippen molar-refractivity contribution in [3.63, 3.8) is 0 Å². The minimum Gasteiger partial charge on any atom is -0.484 e. The van der Waals surface area contributed by atoms with Crippen molar-refractivity contribution in [1.82, 2.24) is 5.32 Å². The molecule has 0 heterocycles. The van der Waals surface area contributed by atoms with Crippen LogP contribution >= 0.6 is 11.6 Å². The summed E-state index contributed by atoms with van der Waals surface area (Å²) < 4.78 is 17.9. The van der Waals surface area contributed by atoms with Gasteiger partial charge in [0, 0.05) is 6.07 Å². The van der Waals surface area contributed by atoms with E-state index in [2.05, 4.69) is 5.32 Å². The van der Waals surface area contributed by atoms with Gasteiger partial charge in [0.2, 0.25) is 0 Å². The van der Waals surface area contributed by atoms with Crippen LogP contribution in [0, 0.1) is 5.82 Å². The third-order valence-corrected chi connectivity index (χ3v) is 2.64. The monoisotopic (exact) mass is 305 g/mol. The lowest BCUT2D eigenvalue weighted by molar-refractivity contribution is -0.156. The largest absolute Gasteiger partial charge is 0.484 e. The molecule has 1 amide bonds. The van der Waals surface area contributed by atoms with E-state index in [-0.39, 0.29) is 10.8 Å². The van der Waals surface area contributed by atoms with Crippen molar-refractivity contribution in [2.75, 3.05) is 13.2 Å². The van der Waals surface area contributed by atoms with Gasteiger partial charge in [-0.1, -0.05) is 11.6 Å². The van der Waals surface area contributed by atoms with E-state index >= 15 is 0 Å². The number of ether oxygens (including phenoxy) is 1. The molecule has 0 aromatic heterocycles. The number of aliphatic carboxylic acids is 1. The van der Waals surface area contributed by atoms with E-state index < -0.39 is 36.4 Å². The van der Waals surface area contributed by atoms with Crippen LogP contribution in [0.25, 0.3) is 0 Å². The second kappa shape index (κ2) is 6.53. The van der Waals surface area contributed by atoms with Crippen LogP contribution in [-0.2, 0) is 9.59 Å². The first-order chi connectivity index (χ1) is 9.22. The molecule has 0 aliphatic heterocycles. The minimum atomic E-state index is -2.06. The van der Waals surface area contributed by atoms with E-state index in [1.807, 2.05) is 0 Å².